The molecule has 4 aromatic rings. The molecule has 0 spiro atoms. The zero-order chi connectivity index (χ0) is 24.4. The second kappa shape index (κ2) is 9.73. The van der Waals surface area contributed by atoms with E-state index in [2.05, 4.69) is 30.3 Å². The lowest BCUT2D eigenvalue weighted by atomic mass is 9.95. The number of sulfonamides is 1. The van der Waals surface area contributed by atoms with Gasteiger partial charge in [-0.2, -0.15) is 0 Å². The van der Waals surface area contributed by atoms with E-state index in [0.717, 1.165) is 27.8 Å². The van der Waals surface area contributed by atoms with Gasteiger partial charge in [0, 0.05) is 5.02 Å². The molecule has 0 saturated carbocycles. The van der Waals surface area contributed by atoms with Gasteiger partial charge in [0.15, 0.2) is 0 Å². The molecule has 35 heavy (non-hydrogen) atoms. The minimum absolute atomic E-state index is 0.253. The molecule has 0 aromatic heterocycles. The summed E-state index contributed by atoms with van der Waals surface area (Å²) in [5.41, 5.74) is 5.97. The Morgan fingerprint density at radius 3 is 2.09 bits per heavy atom. The van der Waals surface area contributed by atoms with Crippen LogP contribution in [0.4, 0.5) is 5.69 Å². The third kappa shape index (κ3) is 4.77. The molecular formula is C30H26ClNO2S. The van der Waals surface area contributed by atoms with Crippen LogP contribution in [-0.4, -0.2) is 14.5 Å². The first kappa shape index (κ1) is 23.4. The first-order valence-corrected chi connectivity index (χ1v) is 13.5. The first-order chi connectivity index (χ1) is 16.9. The Hall–Kier alpha value is -3.34. The van der Waals surface area contributed by atoms with E-state index in [1.165, 1.54) is 0 Å². The van der Waals surface area contributed by atoms with Crippen LogP contribution in [0, 0.1) is 6.92 Å². The normalized spacial score (nSPS) is 15.0. The highest BCUT2D eigenvalue weighted by Gasteiger charge is 2.38. The zero-order valence-corrected chi connectivity index (χ0v) is 21.0. The lowest BCUT2D eigenvalue weighted by Crippen LogP contribution is -2.37. The van der Waals surface area contributed by atoms with Gasteiger partial charge in [0.05, 0.1) is 16.6 Å². The Bertz CT molecular complexity index is 1420. The van der Waals surface area contributed by atoms with Crippen molar-refractivity contribution >= 4 is 32.9 Å². The van der Waals surface area contributed by atoms with Crippen LogP contribution in [0.25, 0.3) is 5.57 Å². The lowest BCUT2D eigenvalue weighted by Gasteiger charge is -2.27. The fraction of sp³-hybridized carbons (Fsp3) is 0.133. The van der Waals surface area contributed by atoms with E-state index in [-0.39, 0.29) is 6.04 Å². The third-order valence-electron chi connectivity index (χ3n) is 6.41. The van der Waals surface area contributed by atoms with Crippen LogP contribution >= 0.6 is 11.6 Å². The molecule has 4 aromatic carbocycles. The average molecular weight is 500 g/mol. The number of aryl methyl sites for hydroxylation is 1. The molecule has 0 unspecified atom stereocenters. The van der Waals surface area contributed by atoms with Crippen molar-refractivity contribution in [2.45, 2.75) is 30.7 Å². The van der Waals surface area contributed by atoms with E-state index in [1.807, 2.05) is 67.6 Å². The number of hydrogen-bond acceptors (Lipinski definition) is 2. The zero-order valence-electron chi connectivity index (χ0n) is 19.4. The molecular weight excluding hydrogens is 474 g/mol. The molecule has 0 saturated heterocycles. The van der Waals surface area contributed by atoms with Crippen LogP contribution in [0.1, 0.15) is 28.7 Å². The van der Waals surface area contributed by atoms with Crippen molar-refractivity contribution in [3.8, 4) is 0 Å². The number of rotatable bonds is 6. The summed E-state index contributed by atoms with van der Waals surface area (Å²) in [5, 5.41) is 0.613. The monoisotopic (exact) mass is 499 g/mol. The number of anilines is 1. The fourth-order valence-electron chi connectivity index (χ4n) is 4.69. The van der Waals surface area contributed by atoms with Gasteiger partial charge in [-0.05, 0) is 72.4 Å². The molecule has 0 radical (unpaired) electrons. The summed E-state index contributed by atoms with van der Waals surface area (Å²) in [6, 6.07) is 32.7. The molecule has 1 atom stereocenters. The highest BCUT2D eigenvalue weighted by molar-refractivity contribution is 7.92. The number of fused-ring (bicyclic) bond motifs is 1. The van der Waals surface area contributed by atoms with Gasteiger partial charge in [0.1, 0.15) is 0 Å². The largest absolute Gasteiger partial charge is 0.264 e. The van der Waals surface area contributed by atoms with E-state index in [1.54, 1.807) is 22.5 Å². The second-order valence-corrected chi connectivity index (χ2v) is 11.1. The van der Waals surface area contributed by atoms with Gasteiger partial charge >= 0.3 is 0 Å². The Kier molecular flexibility index (Phi) is 6.50. The standard InChI is InChI=1S/C30H26ClNO2S/c1-22-12-16-28(17-13-22)35(33,34)32-27(21-25-20-26(31)14-19-30(25)32)15-18-29(23-8-4-2-5-9-23)24-10-6-3-7-11-24/h2-14,16-20,27H,15,21H2,1H3/t27-/m0/s1. The smallest absolute Gasteiger partial charge is 0.262 e. The van der Waals surface area contributed by atoms with Crippen molar-refractivity contribution in [1.82, 2.24) is 0 Å². The molecule has 176 valence electrons. The van der Waals surface area contributed by atoms with Crippen molar-refractivity contribution in [3.05, 3.63) is 136 Å². The topological polar surface area (TPSA) is 37.4 Å². The predicted octanol–water partition coefficient (Wildman–Crippen LogP) is 7.29. The van der Waals surface area contributed by atoms with Gasteiger partial charge < -0.3 is 0 Å². The SMILES string of the molecule is Cc1ccc(S(=O)(=O)N2c3ccc(Cl)cc3C[C@@H]2CC=C(c2ccccc2)c2ccccc2)cc1. The van der Waals surface area contributed by atoms with Crippen molar-refractivity contribution < 1.29 is 8.42 Å². The summed E-state index contributed by atoms with van der Waals surface area (Å²) in [6.45, 7) is 1.95. The quantitative estimate of drug-likeness (QED) is 0.279. The van der Waals surface area contributed by atoms with E-state index >= 15 is 0 Å². The van der Waals surface area contributed by atoms with Gasteiger partial charge in [-0.1, -0.05) is 96.0 Å². The summed E-state index contributed by atoms with van der Waals surface area (Å²) in [6.07, 6.45) is 3.34. The Morgan fingerprint density at radius 1 is 0.886 bits per heavy atom. The highest BCUT2D eigenvalue weighted by atomic mass is 35.5. The van der Waals surface area contributed by atoms with Crippen LogP contribution in [-0.2, 0) is 16.4 Å². The lowest BCUT2D eigenvalue weighted by molar-refractivity contribution is 0.579. The molecule has 0 N–H and O–H groups in total. The maximum absolute atomic E-state index is 13.9. The van der Waals surface area contributed by atoms with E-state index in [9.17, 15) is 8.42 Å². The molecule has 0 fully saturated rings. The maximum atomic E-state index is 13.9. The highest BCUT2D eigenvalue weighted by Crippen LogP contribution is 2.40. The van der Waals surface area contributed by atoms with Crippen LogP contribution < -0.4 is 4.31 Å². The van der Waals surface area contributed by atoms with E-state index in [4.69, 9.17) is 11.6 Å². The van der Waals surface area contributed by atoms with Gasteiger partial charge in [0.2, 0.25) is 0 Å². The molecule has 1 heterocycles. The predicted molar refractivity (Wildman–Crippen MR) is 144 cm³/mol. The van der Waals surface area contributed by atoms with Gasteiger partial charge in [-0.15, -0.1) is 0 Å². The molecule has 0 bridgehead atoms. The summed E-state index contributed by atoms with van der Waals surface area (Å²) in [4.78, 5) is 0.297. The van der Waals surface area contributed by atoms with Gasteiger partial charge in [-0.25, -0.2) is 8.42 Å². The summed E-state index contributed by atoms with van der Waals surface area (Å²) < 4.78 is 29.3. The molecule has 0 aliphatic carbocycles. The number of halogens is 1. The summed E-state index contributed by atoms with van der Waals surface area (Å²) in [7, 11) is -3.75. The Balaban J connectivity index is 1.57. The molecule has 1 aliphatic heterocycles. The Morgan fingerprint density at radius 2 is 1.49 bits per heavy atom. The third-order valence-corrected chi connectivity index (χ3v) is 8.52. The van der Waals surface area contributed by atoms with Crippen LogP contribution in [0.5, 0.6) is 0 Å². The summed E-state index contributed by atoms with van der Waals surface area (Å²) >= 11 is 6.28. The molecule has 3 nitrogen and oxygen atoms in total. The summed E-state index contributed by atoms with van der Waals surface area (Å²) in [5.74, 6) is 0. The Labute approximate surface area is 212 Å². The maximum Gasteiger partial charge on any atom is 0.264 e. The van der Waals surface area contributed by atoms with Crippen molar-refractivity contribution in [2.75, 3.05) is 4.31 Å². The molecule has 1 aliphatic rings. The second-order valence-electron chi connectivity index (χ2n) is 8.83. The minimum atomic E-state index is -3.75. The van der Waals surface area contributed by atoms with Crippen molar-refractivity contribution in [2.24, 2.45) is 0 Å². The fourth-order valence-corrected chi connectivity index (χ4v) is 6.58. The molecule has 5 heteroatoms. The molecule has 5 rings (SSSR count). The van der Waals surface area contributed by atoms with Crippen molar-refractivity contribution in [3.63, 3.8) is 0 Å². The number of benzene rings is 4. The van der Waals surface area contributed by atoms with E-state index < -0.39 is 10.0 Å². The molecule has 0 amide bonds. The van der Waals surface area contributed by atoms with Gasteiger partial charge in [-0.3, -0.25) is 4.31 Å². The minimum Gasteiger partial charge on any atom is -0.262 e. The van der Waals surface area contributed by atoms with Crippen LogP contribution in [0.3, 0.4) is 0 Å². The van der Waals surface area contributed by atoms with Crippen molar-refractivity contribution in [1.29, 1.82) is 0 Å². The van der Waals surface area contributed by atoms with Crippen LogP contribution in [0.15, 0.2) is 114 Å². The van der Waals surface area contributed by atoms with E-state index in [0.29, 0.717) is 28.4 Å². The van der Waals surface area contributed by atoms with Gasteiger partial charge in [0.25, 0.3) is 10.0 Å². The van der Waals surface area contributed by atoms with Crippen LogP contribution in [0.2, 0.25) is 5.02 Å². The number of hydrogen-bond donors (Lipinski definition) is 0. The average Bonchev–Trinajstić information content (AvgIpc) is 3.24. The first-order valence-electron chi connectivity index (χ1n) is 11.6. The number of nitrogens with zero attached hydrogens (tertiary/aromatic N) is 1.